The van der Waals surface area contributed by atoms with Gasteiger partial charge in [-0.15, -0.1) is 10.2 Å². The molecule has 1 aliphatic heterocycles. The van der Waals surface area contributed by atoms with Gasteiger partial charge in [-0.2, -0.15) is 0 Å². The van der Waals surface area contributed by atoms with Gasteiger partial charge < -0.3 is 13.9 Å². The number of quaternary nitrogens is 1. The smallest absolute Gasteiger partial charge is 0.261 e. The van der Waals surface area contributed by atoms with Crippen molar-refractivity contribution >= 4 is 26.6 Å². The van der Waals surface area contributed by atoms with Crippen LogP contribution in [0.3, 0.4) is 0 Å². The number of nitrogens with zero attached hydrogens (tertiary/aromatic N) is 3. The van der Waals surface area contributed by atoms with E-state index in [2.05, 4.69) is 63.3 Å². The maximum Gasteiger partial charge on any atom is 0.261 e. The van der Waals surface area contributed by atoms with E-state index in [0.717, 1.165) is 41.7 Å². The molecule has 0 fully saturated rings. The fourth-order valence-electron chi connectivity index (χ4n) is 5.95. The Morgan fingerprint density at radius 1 is 0.884 bits per heavy atom. The summed E-state index contributed by atoms with van der Waals surface area (Å²) in [5.74, 6) is 0.613. The molecule has 0 unspecified atom stereocenters. The number of hydrogen-bond acceptors (Lipinski definition) is 5. The number of fused-ring (bicyclic) bond motifs is 3. The number of hydrogen-bond donors (Lipinski definition) is 2. The Labute approximate surface area is 250 Å². The zero-order chi connectivity index (χ0) is 29.6. The monoisotopic (exact) mass is 590 g/mol. The quantitative estimate of drug-likeness (QED) is 0.202. The fourth-order valence-corrected chi connectivity index (χ4v) is 7.03. The van der Waals surface area contributed by atoms with Crippen molar-refractivity contribution in [1.29, 1.82) is 0 Å². The van der Waals surface area contributed by atoms with E-state index in [0.29, 0.717) is 17.1 Å². The Morgan fingerprint density at radius 2 is 1.60 bits per heavy atom. The lowest BCUT2D eigenvalue weighted by molar-refractivity contribution is -0.937. The van der Waals surface area contributed by atoms with Crippen molar-refractivity contribution in [3.63, 3.8) is 0 Å². The molecule has 0 saturated carbocycles. The number of sulfonamides is 1. The van der Waals surface area contributed by atoms with Crippen LogP contribution in [0.2, 0.25) is 0 Å². The molecule has 0 bridgehead atoms. The average Bonchev–Trinajstić information content (AvgIpc) is 3.63. The molecule has 8 nitrogen and oxygen atoms in total. The van der Waals surface area contributed by atoms with E-state index in [4.69, 9.17) is 4.42 Å². The average molecular weight is 591 g/mol. The zero-order valence-electron chi connectivity index (χ0n) is 24.0. The molecule has 43 heavy (non-hydrogen) atoms. The highest BCUT2D eigenvalue weighted by Gasteiger charge is 2.31. The van der Waals surface area contributed by atoms with Crippen LogP contribution in [-0.2, 0) is 29.5 Å². The summed E-state index contributed by atoms with van der Waals surface area (Å²) in [6.45, 7) is 4.89. The Bertz CT molecular complexity index is 2050. The van der Waals surface area contributed by atoms with E-state index in [1.54, 1.807) is 48.5 Å². The van der Waals surface area contributed by atoms with Gasteiger partial charge in [-0.3, -0.25) is 4.72 Å². The molecule has 1 atom stereocenters. The number of anilines is 1. The Morgan fingerprint density at radius 3 is 2.42 bits per heavy atom. The zero-order valence-corrected chi connectivity index (χ0v) is 24.9. The minimum absolute atomic E-state index is 0.182. The molecular formula is C34H32N5O3S+. The fraction of sp³-hybridized carbons (Fsp3) is 0.176. The first kappa shape index (κ1) is 27.1. The number of H-pyrrole nitrogens is 1. The second-order valence-electron chi connectivity index (χ2n) is 11.6. The minimum Gasteiger partial charge on any atom is -0.416 e. The van der Waals surface area contributed by atoms with Crippen LogP contribution >= 0.6 is 0 Å². The predicted octanol–water partition coefficient (Wildman–Crippen LogP) is 6.70. The maximum atomic E-state index is 13.0. The molecule has 2 aromatic heterocycles. The summed E-state index contributed by atoms with van der Waals surface area (Å²) < 4.78 is 35.8. The second-order valence-corrected chi connectivity index (χ2v) is 13.3. The van der Waals surface area contributed by atoms with Crippen LogP contribution in [0.1, 0.15) is 22.4 Å². The van der Waals surface area contributed by atoms with Crippen molar-refractivity contribution in [3.05, 3.63) is 119 Å². The van der Waals surface area contributed by atoms with Crippen molar-refractivity contribution in [3.8, 4) is 22.9 Å². The molecule has 2 N–H and O–H groups in total. The van der Waals surface area contributed by atoms with E-state index in [9.17, 15) is 8.42 Å². The third-order valence-electron chi connectivity index (χ3n) is 8.27. The number of aromatic amines is 1. The van der Waals surface area contributed by atoms with Crippen LogP contribution in [0.4, 0.5) is 5.69 Å². The predicted molar refractivity (Wildman–Crippen MR) is 168 cm³/mol. The number of rotatable bonds is 7. The topological polar surface area (TPSA) is 101 Å². The highest BCUT2D eigenvalue weighted by Crippen LogP contribution is 2.33. The van der Waals surface area contributed by atoms with E-state index in [-0.39, 0.29) is 10.8 Å². The van der Waals surface area contributed by atoms with Gasteiger partial charge in [0.1, 0.15) is 13.1 Å². The van der Waals surface area contributed by atoms with Gasteiger partial charge >= 0.3 is 0 Å². The van der Waals surface area contributed by atoms with Crippen molar-refractivity contribution in [2.75, 3.05) is 18.3 Å². The van der Waals surface area contributed by atoms with E-state index < -0.39 is 10.0 Å². The Balaban J connectivity index is 1.08. The number of likely N-dealkylation sites (N-methyl/N-ethyl adjacent to an activating group) is 1. The standard InChI is InChI=1S/C34H32N5O3S/c1-23-11-17-26(18-12-23)43(40,41)38-32-10-6-4-8-28(32)34-37-36-33(42-34)25-15-13-24(14-16-25)21-39(2)20-19-31-29(22-39)27-7-3-5-9-30(27)35-31/h3-18,35,38H,19-22H2,1-2H3/q+1/t39-/m1/s1. The van der Waals surface area contributed by atoms with E-state index in [1.807, 2.05) is 19.1 Å². The van der Waals surface area contributed by atoms with Gasteiger partial charge in [0.05, 0.1) is 29.7 Å². The summed E-state index contributed by atoms with van der Waals surface area (Å²) >= 11 is 0. The third-order valence-corrected chi connectivity index (χ3v) is 9.65. The molecule has 0 aliphatic carbocycles. The molecule has 7 rings (SSSR count). The van der Waals surface area contributed by atoms with Crippen molar-refractivity contribution in [1.82, 2.24) is 15.2 Å². The normalized spacial score (nSPS) is 16.7. The van der Waals surface area contributed by atoms with Gasteiger partial charge in [-0.25, -0.2) is 8.42 Å². The maximum absolute atomic E-state index is 13.0. The lowest BCUT2D eigenvalue weighted by atomic mass is 10.0. The Kier molecular flexibility index (Phi) is 6.64. The summed E-state index contributed by atoms with van der Waals surface area (Å²) in [6, 6.07) is 30.5. The summed E-state index contributed by atoms with van der Waals surface area (Å²) in [4.78, 5) is 3.80. The molecule has 0 amide bonds. The third kappa shape index (κ3) is 5.33. The molecular weight excluding hydrogens is 558 g/mol. The first-order valence-electron chi connectivity index (χ1n) is 14.3. The summed E-state index contributed by atoms with van der Waals surface area (Å²) in [5.41, 5.74) is 7.92. The summed E-state index contributed by atoms with van der Waals surface area (Å²) in [7, 11) is -1.47. The van der Waals surface area contributed by atoms with Crippen molar-refractivity contribution < 1.29 is 17.3 Å². The summed E-state index contributed by atoms with van der Waals surface area (Å²) in [6.07, 6.45) is 1.03. The molecule has 1 aliphatic rings. The largest absolute Gasteiger partial charge is 0.416 e. The Hall–Kier alpha value is -4.73. The molecule has 216 valence electrons. The van der Waals surface area contributed by atoms with E-state index in [1.165, 1.54) is 27.7 Å². The van der Waals surface area contributed by atoms with Crippen molar-refractivity contribution in [2.45, 2.75) is 31.3 Å². The molecule has 3 heterocycles. The molecule has 9 heteroatoms. The SMILES string of the molecule is Cc1ccc(S(=O)(=O)Nc2ccccc2-c2nnc(-c3ccc(C[N@@+]4(C)CCc5[nH]c6ccccc6c5C4)cc3)o2)cc1. The second kappa shape index (κ2) is 10.5. The van der Waals surface area contributed by atoms with Crippen LogP contribution in [-0.4, -0.2) is 41.7 Å². The molecule has 0 radical (unpaired) electrons. The van der Waals surface area contributed by atoms with Crippen molar-refractivity contribution in [2.24, 2.45) is 0 Å². The molecule has 4 aromatic carbocycles. The first-order chi connectivity index (χ1) is 20.8. The van der Waals surface area contributed by atoms with Crippen LogP contribution in [0.15, 0.2) is 106 Å². The van der Waals surface area contributed by atoms with Gasteiger partial charge in [-0.05, 0) is 49.4 Å². The van der Waals surface area contributed by atoms with Gasteiger partial charge in [0.25, 0.3) is 10.0 Å². The van der Waals surface area contributed by atoms with Crippen LogP contribution in [0, 0.1) is 6.92 Å². The number of para-hydroxylation sites is 2. The summed E-state index contributed by atoms with van der Waals surface area (Å²) in [5, 5.41) is 9.85. The van der Waals surface area contributed by atoms with Gasteiger partial charge in [0, 0.05) is 39.7 Å². The van der Waals surface area contributed by atoms with E-state index >= 15 is 0 Å². The van der Waals surface area contributed by atoms with Crippen LogP contribution in [0.5, 0.6) is 0 Å². The highest BCUT2D eigenvalue weighted by atomic mass is 32.2. The lowest BCUT2D eigenvalue weighted by Crippen LogP contribution is -2.46. The van der Waals surface area contributed by atoms with Gasteiger partial charge in [0.15, 0.2) is 0 Å². The number of nitrogens with one attached hydrogen (secondary N) is 2. The lowest BCUT2D eigenvalue weighted by Gasteiger charge is -2.38. The molecule has 6 aromatic rings. The van der Waals surface area contributed by atoms with Gasteiger partial charge in [0.2, 0.25) is 11.8 Å². The number of benzene rings is 4. The molecule has 0 saturated heterocycles. The minimum atomic E-state index is -3.80. The first-order valence-corrected chi connectivity index (χ1v) is 15.8. The van der Waals surface area contributed by atoms with Crippen LogP contribution in [0.25, 0.3) is 33.8 Å². The van der Waals surface area contributed by atoms with Gasteiger partial charge in [-0.1, -0.05) is 60.2 Å². The van der Waals surface area contributed by atoms with Crippen LogP contribution < -0.4 is 4.72 Å². The highest BCUT2D eigenvalue weighted by molar-refractivity contribution is 7.92. The number of aryl methyl sites for hydroxylation is 1. The molecule has 0 spiro atoms. The number of aromatic nitrogens is 3.